The Morgan fingerprint density at radius 2 is 2.33 bits per heavy atom. The van der Waals surface area contributed by atoms with Gasteiger partial charge in [0, 0.05) is 19.4 Å². The largest absolute Gasteiger partial charge is 0.378 e. The van der Waals surface area contributed by atoms with Crippen LogP contribution in [0.15, 0.2) is 30.5 Å². The van der Waals surface area contributed by atoms with Crippen molar-refractivity contribution < 1.29 is 4.74 Å². The molecular formula is C10H10ClN3O. The van der Waals surface area contributed by atoms with Crippen molar-refractivity contribution in [3.05, 3.63) is 41.3 Å². The maximum atomic E-state index is 6.02. The van der Waals surface area contributed by atoms with E-state index in [1.54, 1.807) is 24.1 Å². The summed E-state index contributed by atoms with van der Waals surface area (Å²) in [5, 5.41) is 4.80. The maximum absolute atomic E-state index is 6.02. The standard InChI is InChI=1S/C10H10ClN3O/c1-15-7-8-6-9(11)14(13-8)10-4-2-3-5-12-10/h2-6H,7H2,1H3. The highest BCUT2D eigenvalue weighted by atomic mass is 35.5. The van der Waals surface area contributed by atoms with Crippen LogP contribution in [0.1, 0.15) is 5.69 Å². The topological polar surface area (TPSA) is 39.9 Å². The number of nitrogens with zero attached hydrogens (tertiary/aromatic N) is 3. The summed E-state index contributed by atoms with van der Waals surface area (Å²) in [5.74, 6) is 0.699. The molecule has 0 fully saturated rings. The first-order valence-corrected chi connectivity index (χ1v) is 4.84. The molecule has 2 heterocycles. The average Bonchev–Trinajstić information content (AvgIpc) is 2.61. The summed E-state index contributed by atoms with van der Waals surface area (Å²) in [6, 6.07) is 7.34. The Balaban J connectivity index is 2.36. The lowest BCUT2D eigenvalue weighted by Crippen LogP contribution is -2.00. The van der Waals surface area contributed by atoms with Gasteiger partial charge in [0.1, 0.15) is 5.15 Å². The minimum absolute atomic E-state index is 0.444. The van der Waals surface area contributed by atoms with Gasteiger partial charge >= 0.3 is 0 Å². The van der Waals surface area contributed by atoms with Gasteiger partial charge in [-0.05, 0) is 12.1 Å². The lowest BCUT2D eigenvalue weighted by atomic mass is 10.4. The Bertz CT molecular complexity index is 441. The van der Waals surface area contributed by atoms with E-state index in [2.05, 4.69) is 10.1 Å². The SMILES string of the molecule is COCc1cc(Cl)n(-c2ccccn2)n1. The zero-order valence-corrected chi connectivity index (χ0v) is 8.98. The van der Waals surface area contributed by atoms with E-state index >= 15 is 0 Å². The van der Waals surface area contributed by atoms with Crippen LogP contribution in [0, 0.1) is 0 Å². The third kappa shape index (κ3) is 2.16. The van der Waals surface area contributed by atoms with Gasteiger partial charge in [-0.2, -0.15) is 5.10 Å². The van der Waals surface area contributed by atoms with Crippen LogP contribution in [0.5, 0.6) is 0 Å². The minimum atomic E-state index is 0.444. The van der Waals surface area contributed by atoms with Crippen molar-refractivity contribution in [2.75, 3.05) is 7.11 Å². The average molecular weight is 224 g/mol. The second-order valence-electron chi connectivity index (χ2n) is 2.99. The second-order valence-corrected chi connectivity index (χ2v) is 3.38. The van der Waals surface area contributed by atoms with E-state index in [1.165, 1.54) is 0 Å². The number of halogens is 1. The van der Waals surface area contributed by atoms with E-state index in [0.29, 0.717) is 17.6 Å². The molecule has 78 valence electrons. The summed E-state index contributed by atoms with van der Waals surface area (Å²) in [7, 11) is 1.62. The molecule has 15 heavy (non-hydrogen) atoms. The molecule has 0 bridgehead atoms. The second kappa shape index (κ2) is 4.42. The summed E-state index contributed by atoms with van der Waals surface area (Å²) in [6.45, 7) is 0.444. The molecule has 0 aromatic carbocycles. The van der Waals surface area contributed by atoms with E-state index in [9.17, 15) is 0 Å². The minimum Gasteiger partial charge on any atom is -0.378 e. The molecule has 0 radical (unpaired) electrons. The maximum Gasteiger partial charge on any atom is 0.155 e. The first kappa shape index (κ1) is 10.1. The smallest absolute Gasteiger partial charge is 0.155 e. The molecule has 2 aromatic heterocycles. The first-order valence-electron chi connectivity index (χ1n) is 4.46. The Labute approximate surface area is 92.5 Å². The van der Waals surface area contributed by atoms with Gasteiger partial charge in [0.25, 0.3) is 0 Å². The molecule has 5 heteroatoms. The fraction of sp³-hybridized carbons (Fsp3) is 0.200. The molecule has 0 spiro atoms. The molecule has 0 saturated carbocycles. The van der Waals surface area contributed by atoms with Crippen LogP contribution in [0.3, 0.4) is 0 Å². The van der Waals surface area contributed by atoms with Crippen molar-refractivity contribution in [2.45, 2.75) is 6.61 Å². The molecular weight excluding hydrogens is 214 g/mol. The molecule has 0 aliphatic heterocycles. The summed E-state index contributed by atoms with van der Waals surface area (Å²) in [6.07, 6.45) is 1.70. The lowest BCUT2D eigenvalue weighted by molar-refractivity contribution is 0.181. The van der Waals surface area contributed by atoms with Crippen LogP contribution in [0.25, 0.3) is 5.82 Å². The van der Waals surface area contributed by atoms with Gasteiger partial charge in [-0.25, -0.2) is 9.67 Å². The zero-order chi connectivity index (χ0) is 10.7. The third-order valence-corrected chi connectivity index (χ3v) is 2.14. The highest BCUT2D eigenvalue weighted by Gasteiger charge is 2.07. The van der Waals surface area contributed by atoms with Crippen molar-refractivity contribution in [1.82, 2.24) is 14.8 Å². The molecule has 0 N–H and O–H groups in total. The number of hydrogen-bond acceptors (Lipinski definition) is 3. The molecule has 0 aliphatic carbocycles. The molecule has 0 amide bonds. The monoisotopic (exact) mass is 223 g/mol. The predicted molar refractivity (Wildman–Crippen MR) is 57.1 cm³/mol. The number of aromatic nitrogens is 3. The summed E-state index contributed by atoms with van der Waals surface area (Å²) in [5.41, 5.74) is 0.785. The highest BCUT2D eigenvalue weighted by Crippen LogP contribution is 2.15. The lowest BCUT2D eigenvalue weighted by Gasteiger charge is -2.00. The van der Waals surface area contributed by atoms with Crippen molar-refractivity contribution in [3.63, 3.8) is 0 Å². The fourth-order valence-electron chi connectivity index (χ4n) is 1.26. The first-order chi connectivity index (χ1) is 7.31. The van der Waals surface area contributed by atoms with Gasteiger partial charge in [0.05, 0.1) is 12.3 Å². The van der Waals surface area contributed by atoms with Crippen LogP contribution >= 0.6 is 11.6 Å². The quantitative estimate of drug-likeness (QED) is 0.800. The van der Waals surface area contributed by atoms with Crippen molar-refractivity contribution in [1.29, 1.82) is 0 Å². The van der Waals surface area contributed by atoms with Crippen LogP contribution in [-0.2, 0) is 11.3 Å². The van der Waals surface area contributed by atoms with E-state index in [0.717, 1.165) is 5.69 Å². The van der Waals surface area contributed by atoms with Crippen LogP contribution < -0.4 is 0 Å². The molecule has 2 rings (SSSR count). The van der Waals surface area contributed by atoms with Gasteiger partial charge < -0.3 is 4.74 Å². The molecule has 0 saturated heterocycles. The summed E-state index contributed by atoms with van der Waals surface area (Å²) in [4.78, 5) is 4.16. The van der Waals surface area contributed by atoms with E-state index in [4.69, 9.17) is 16.3 Å². The van der Waals surface area contributed by atoms with Crippen molar-refractivity contribution in [3.8, 4) is 5.82 Å². The molecule has 4 nitrogen and oxygen atoms in total. The van der Waals surface area contributed by atoms with E-state index in [-0.39, 0.29) is 0 Å². The Morgan fingerprint density at radius 3 is 3.00 bits per heavy atom. The number of ether oxygens (including phenoxy) is 1. The van der Waals surface area contributed by atoms with Gasteiger partial charge in [-0.15, -0.1) is 0 Å². The number of methoxy groups -OCH3 is 1. The van der Waals surface area contributed by atoms with Gasteiger partial charge in [-0.3, -0.25) is 0 Å². The predicted octanol–water partition coefficient (Wildman–Crippen LogP) is 2.07. The summed E-state index contributed by atoms with van der Waals surface area (Å²) < 4.78 is 6.56. The normalized spacial score (nSPS) is 10.5. The van der Waals surface area contributed by atoms with Crippen LogP contribution in [-0.4, -0.2) is 21.9 Å². The number of hydrogen-bond donors (Lipinski definition) is 0. The molecule has 0 atom stereocenters. The summed E-state index contributed by atoms with van der Waals surface area (Å²) >= 11 is 6.02. The van der Waals surface area contributed by atoms with E-state index < -0.39 is 0 Å². The van der Waals surface area contributed by atoms with Crippen molar-refractivity contribution >= 4 is 11.6 Å². The van der Waals surface area contributed by atoms with Crippen LogP contribution in [0.2, 0.25) is 5.15 Å². The highest BCUT2D eigenvalue weighted by molar-refractivity contribution is 6.29. The number of rotatable bonds is 3. The Kier molecular flexibility index (Phi) is 2.99. The Hall–Kier alpha value is -1.39. The van der Waals surface area contributed by atoms with Gasteiger partial charge in [0.15, 0.2) is 5.82 Å². The van der Waals surface area contributed by atoms with Gasteiger partial charge in [-0.1, -0.05) is 17.7 Å². The zero-order valence-electron chi connectivity index (χ0n) is 8.22. The Morgan fingerprint density at radius 1 is 1.47 bits per heavy atom. The molecule has 0 unspecified atom stereocenters. The molecule has 0 aliphatic rings. The van der Waals surface area contributed by atoms with Gasteiger partial charge in [0.2, 0.25) is 0 Å². The fourth-order valence-corrected chi connectivity index (χ4v) is 1.51. The molecule has 2 aromatic rings. The third-order valence-electron chi connectivity index (χ3n) is 1.88. The number of pyridine rings is 1. The van der Waals surface area contributed by atoms with E-state index in [1.807, 2.05) is 18.2 Å². The van der Waals surface area contributed by atoms with Crippen LogP contribution in [0.4, 0.5) is 0 Å². The van der Waals surface area contributed by atoms with Crippen molar-refractivity contribution in [2.24, 2.45) is 0 Å².